The van der Waals surface area contributed by atoms with E-state index in [4.69, 9.17) is 4.74 Å². The molecule has 0 saturated heterocycles. The van der Waals surface area contributed by atoms with Gasteiger partial charge in [-0.1, -0.05) is 6.07 Å². The van der Waals surface area contributed by atoms with Gasteiger partial charge in [-0.2, -0.15) is 0 Å². The predicted molar refractivity (Wildman–Crippen MR) is 79.6 cm³/mol. The van der Waals surface area contributed by atoms with Crippen LogP contribution in [0, 0.1) is 13.8 Å². The van der Waals surface area contributed by atoms with Crippen LogP contribution in [-0.4, -0.2) is 10.8 Å². The van der Waals surface area contributed by atoms with Gasteiger partial charge in [-0.3, -0.25) is 4.79 Å². The number of carbonyl (C=O) groups is 1. The van der Waals surface area contributed by atoms with Crippen molar-refractivity contribution in [3.05, 3.63) is 44.9 Å². The highest BCUT2D eigenvalue weighted by atomic mass is 32.1. The van der Waals surface area contributed by atoms with Gasteiger partial charge in [0.15, 0.2) is 5.78 Å². The van der Waals surface area contributed by atoms with Crippen molar-refractivity contribution in [1.29, 1.82) is 0 Å². The van der Waals surface area contributed by atoms with E-state index in [2.05, 4.69) is 11.9 Å². The zero-order chi connectivity index (χ0) is 14.1. The van der Waals surface area contributed by atoms with Crippen molar-refractivity contribution in [2.75, 3.05) is 0 Å². The Hall–Kier alpha value is -1.68. The van der Waals surface area contributed by atoms with Gasteiger partial charge in [0, 0.05) is 16.9 Å². The molecule has 4 heteroatoms. The van der Waals surface area contributed by atoms with Crippen LogP contribution >= 0.6 is 11.3 Å². The van der Waals surface area contributed by atoms with Crippen LogP contribution in [0.5, 0.6) is 5.75 Å². The summed E-state index contributed by atoms with van der Waals surface area (Å²) in [6, 6.07) is 5.84. The van der Waals surface area contributed by atoms with Gasteiger partial charge in [-0.05, 0) is 44.4 Å². The summed E-state index contributed by atoms with van der Waals surface area (Å²) in [5.74, 6) is 0.988. The number of rotatable bonds is 3. The minimum Gasteiger partial charge on any atom is -0.486 e. The first-order chi connectivity index (χ1) is 9.63. The number of carbonyl (C=O) groups excluding carboxylic acids is 1. The van der Waals surface area contributed by atoms with Crippen LogP contribution in [0.25, 0.3) is 0 Å². The number of ketones is 1. The smallest absolute Gasteiger partial charge is 0.163 e. The molecule has 1 heterocycles. The lowest BCUT2D eigenvalue weighted by molar-refractivity contribution is 0.0972. The highest BCUT2D eigenvalue weighted by Crippen LogP contribution is 2.26. The Kier molecular flexibility index (Phi) is 3.57. The molecule has 3 nitrogen and oxygen atoms in total. The van der Waals surface area contributed by atoms with Gasteiger partial charge in [0.2, 0.25) is 0 Å². The molecule has 0 amide bonds. The third-order valence-corrected chi connectivity index (χ3v) is 4.71. The largest absolute Gasteiger partial charge is 0.486 e. The number of hydrogen-bond donors (Lipinski definition) is 0. The van der Waals surface area contributed by atoms with Crippen LogP contribution in [-0.2, 0) is 13.0 Å². The summed E-state index contributed by atoms with van der Waals surface area (Å²) in [5, 5.41) is 0.976. The second-order valence-electron chi connectivity index (χ2n) is 5.13. The molecule has 1 aliphatic carbocycles. The van der Waals surface area contributed by atoms with Crippen LogP contribution in [0.15, 0.2) is 18.2 Å². The molecule has 20 heavy (non-hydrogen) atoms. The standard InChI is InChI=1S/C16H17NO2S/c1-10-11(2)20-16(17-10)9-19-13-7-6-12-4-3-5-15(18)14(12)8-13/h6-8H,3-5,9H2,1-2H3. The summed E-state index contributed by atoms with van der Waals surface area (Å²) in [7, 11) is 0. The summed E-state index contributed by atoms with van der Waals surface area (Å²) in [4.78, 5) is 17.6. The van der Waals surface area contributed by atoms with Gasteiger partial charge in [0.1, 0.15) is 17.4 Å². The van der Waals surface area contributed by atoms with Crippen molar-refractivity contribution >= 4 is 17.1 Å². The van der Waals surface area contributed by atoms with Crippen LogP contribution in [0.4, 0.5) is 0 Å². The van der Waals surface area contributed by atoms with E-state index in [9.17, 15) is 4.79 Å². The summed E-state index contributed by atoms with van der Waals surface area (Å²) in [6.07, 6.45) is 2.61. The molecule has 0 bridgehead atoms. The maximum absolute atomic E-state index is 11.9. The van der Waals surface area contributed by atoms with Gasteiger partial charge in [-0.15, -0.1) is 11.3 Å². The van der Waals surface area contributed by atoms with E-state index < -0.39 is 0 Å². The first-order valence-corrected chi connectivity index (χ1v) is 7.67. The molecule has 0 spiro atoms. The normalized spacial score (nSPS) is 14.2. The van der Waals surface area contributed by atoms with Crippen molar-refractivity contribution in [1.82, 2.24) is 4.98 Å². The number of nitrogens with zero attached hydrogens (tertiary/aromatic N) is 1. The molecule has 104 valence electrons. The molecule has 0 fully saturated rings. The third-order valence-electron chi connectivity index (χ3n) is 3.67. The minimum absolute atomic E-state index is 0.234. The van der Waals surface area contributed by atoms with E-state index in [1.807, 2.05) is 25.1 Å². The fourth-order valence-electron chi connectivity index (χ4n) is 2.44. The van der Waals surface area contributed by atoms with Gasteiger partial charge < -0.3 is 4.74 Å². The zero-order valence-corrected chi connectivity index (χ0v) is 12.5. The summed E-state index contributed by atoms with van der Waals surface area (Å²) in [6.45, 7) is 4.54. The van der Waals surface area contributed by atoms with E-state index in [-0.39, 0.29) is 5.78 Å². The monoisotopic (exact) mass is 287 g/mol. The first-order valence-electron chi connectivity index (χ1n) is 6.85. The van der Waals surface area contributed by atoms with Gasteiger partial charge in [-0.25, -0.2) is 4.98 Å². The van der Waals surface area contributed by atoms with Crippen LogP contribution in [0.3, 0.4) is 0 Å². The second kappa shape index (κ2) is 5.37. The Morgan fingerprint density at radius 2 is 2.15 bits per heavy atom. The first kappa shape index (κ1) is 13.3. The van der Waals surface area contributed by atoms with Crippen LogP contribution in [0.1, 0.15) is 44.3 Å². The molecule has 1 aliphatic rings. The number of ether oxygens (including phenoxy) is 1. The summed E-state index contributed by atoms with van der Waals surface area (Å²) in [5.41, 5.74) is 3.05. The molecule has 1 aromatic heterocycles. The maximum Gasteiger partial charge on any atom is 0.163 e. The number of fused-ring (bicyclic) bond motifs is 1. The predicted octanol–water partition coefficient (Wildman–Crippen LogP) is 3.86. The SMILES string of the molecule is Cc1nc(COc2ccc3c(c2)C(=O)CCC3)sc1C. The van der Waals surface area contributed by atoms with E-state index in [1.165, 1.54) is 4.88 Å². The number of thiazole rings is 1. The third kappa shape index (κ3) is 2.61. The molecular weight excluding hydrogens is 270 g/mol. The van der Waals surface area contributed by atoms with Crippen LogP contribution in [0.2, 0.25) is 0 Å². The Morgan fingerprint density at radius 1 is 1.30 bits per heavy atom. The molecule has 3 rings (SSSR count). The lowest BCUT2D eigenvalue weighted by Crippen LogP contribution is -2.10. The van der Waals surface area contributed by atoms with E-state index in [0.29, 0.717) is 13.0 Å². The Balaban J connectivity index is 1.75. The van der Waals surface area contributed by atoms with E-state index in [1.54, 1.807) is 11.3 Å². The number of Topliss-reactive ketones (excluding diaryl/α,β-unsaturated/α-hetero) is 1. The molecule has 0 unspecified atom stereocenters. The fraction of sp³-hybridized carbons (Fsp3) is 0.375. The lowest BCUT2D eigenvalue weighted by Gasteiger charge is -2.15. The lowest BCUT2D eigenvalue weighted by atomic mass is 9.90. The highest BCUT2D eigenvalue weighted by molar-refractivity contribution is 7.11. The van der Waals surface area contributed by atoms with Crippen LogP contribution < -0.4 is 4.74 Å². The van der Waals surface area contributed by atoms with Crippen molar-refractivity contribution in [3.63, 3.8) is 0 Å². The fourth-order valence-corrected chi connectivity index (χ4v) is 3.29. The Morgan fingerprint density at radius 3 is 2.90 bits per heavy atom. The van der Waals surface area contributed by atoms with E-state index >= 15 is 0 Å². The highest BCUT2D eigenvalue weighted by Gasteiger charge is 2.17. The van der Waals surface area contributed by atoms with Crippen molar-refractivity contribution in [3.8, 4) is 5.75 Å². The Labute approximate surface area is 122 Å². The topological polar surface area (TPSA) is 39.2 Å². The van der Waals surface area contributed by atoms with Crippen molar-refractivity contribution in [2.24, 2.45) is 0 Å². The second-order valence-corrected chi connectivity index (χ2v) is 6.42. The molecule has 1 aromatic carbocycles. The number of aryl methyl sites for hydroxylation is 3. The molecule has 0 saturated carbocycles. The van der Waals surface area contributed by atoms with Crippen molar-refractivity contribution < 1.29 is 9.53 Å². The van der Waals surface area contributed by atoms with E-state index in [0.717, 1.165) is 40.4 Å². The number of benzene rings is 1. The Bertz CT molecular complexity index is 641. The molecular formula is C16H17NO2S. The molecule has 2 aromatic rings. The quantitative estimate of drug-likeness (QED) is 0.860. The average Bonchev–Trinajstić information content (AvgIpc) is 2.76. The summed E-state index contributed by atoms with van der Waals surface area (Å²) >= 11 is 1.66. The zero-order valence-electron chi connectivity index (χ0n) is 11.7. The molecule has 0 atom stereocenters. The molecule has 0 radical (unpaired) electrons. The average molecular weight is 287 g/mol. The molecule has 0 N–H and O–H groups in total. The number of aromatic nitrogens is 1. The van der Waals surface area contributed by atoms with Gasteiger partial charge in [0.05, 0.1) is 5.69 Å². The number of hydrogen-bond acceptors (Lipinski definition) is 4. The van der Waals surface area contributed by atoms with Gasteiger partial charge >= 0.3 is 0 Å². The van der Waals surface area contributed by atoms with Crippen molar-refractivity contribution in [2.45, 2.75) is 39.7 Å². The maximum atomic E-state index is 11.9. The minimum atomic E-state index is 0.234. The summed E-state index contributed by atoms with van der Waals surface area (Å²) < 4.78 is 5.77. The molecule has 0 aliphatic heterocycles. The van der Waals surface area contributed by atoms with Gasteiger partial charge in [0.25, 0.3) is 0 Å².